The molecular weight excluding hydrogens is 440 g/mol. The third kappa shape index (κ3) is 4.64. The minimum Gasteiger partial charge on any atom is -0.495 e. The van der Waals surface area contributed by atoms with E-state index in [0.717, 1.165) is 17.8 Å². The Balaban J connectivity index is 1.59. The first-order valence-corrected chi connectivity index (χ1v) is 11.8. The van der Waals surface area contributed by atoms with Crippen molar-refractivity contribution in [1.29, 1.82) is 0 Å². The molecule has 33 heavy (non-hydrogen) atoms. The van der Waals surface area contributed by atoms with Gasteiger partial charge in [0.2, 0.25) is 5.91 Å². The maximum atomic E-state index is 13.2. The average Bonchev–Trinajstić information content (AvgIpc) is 3.12. The van der Waals surface area contributed by atoms with Crippen molar-refractivity contribution in [2.24, 2.45) is 11.8 Å². The molecule has 0 bridgehead atoms. The highest BCUT2D eigenvalue weighted by atomic mass is 32.1. The number of carbonyl (C=O) groups is 2. The van der Waals surface area contributed by atoms with Crippen LogP contribution in [-0.4, -0.2) is 46.5 Å². The third-order valence-electron chi connectivity index (χ3n) is 6.01. The van der Waals surface area contributed by atoms with E-state index in [4.69, 9.17) is 4.74 Å². The van der Waals surface area contributed by atoms with Gasteiger partial charge in [0, 0.05) is 13.1 Å². The number of hydrogen-bond donors (Lipinski definition) is 1. The van der Waals surface area contributed by atoms with Gasteiger partial charge in [-0.1, -0.05) is 26.0 Å². The summed E-state index contributed by atoms with van der Waals surface area (Å²) in [5.74, 6) is 1.01. The first kappa shape index (κ1) is 23.0. The Morgan fingerprint density at radius 1 is 1.21 bits per heavy atom. The second-order valence-electron chi connectivity index (χ2n) is 8.81. The van der Waals surface area contributed by atoms with E-state index in [1.54, 1.807) is 25.1 Å². The summed E-state index contributed by atoms with van der Waals surface area (Å²) in [6.45, 7) is 7.37. The summed E-state index contributed by atoms with van der Waals surface area (Å²) in [6.07, 6.45) is 2.50. The topological polar surface area (TPSA) is 93.5 Å². The van der Waals surface area contributed by atoms with Crippen LogP contribution in [0.15, 0.2) is 35.4 Å². The number of nitrogens with one attached hydrogen (secondary N) is 1. The number of anilines is 1. The summed E-state index contributed by atoms with van der Waals surface area (Å²) in [5.41, 5.74) is 0.793. The molecule has 3 heterocycles. The minimum atomic E-state index is -0.335. The monoisotopic (exact) mass is 468 g/mol. The number of hydrogen-bond acceptors (Lipinski definition) is 6. The number of benzene rings is 1. The largest absolute Gasteiger partial charge is 0.495 e. The number of amides is 2. The van der Waals surface area contributed by atoms with Gasteiger partial charge in [-0.2, -0.15) is 0 Å². The van der Waals surface area contributed by atoms with E-state index in [2.05, 4.69) is 24.1 Å². The van der Waals surface area contributed by atoms with E-state index in [0.29, 0.717) is 57.0 Å². The second-order valence-corrected chi connectivity index (χ2v) is 9.81. The number of likely N-dealkylation sites (tertiary alicyclic amines) is 1. The minimum absolute atomic E-state index is 0.0563. The molecule has 4 rings (SSSR count). The quantitative estimate of drug-likeness (QED) is 0.618. The van der Waals surface area contributed by atoms with E-state index in [9.17, 15) is 14.4 Å². The summed E-state index contributed by atoms with van der Waals surface area (Å²) in [7, 11) is 1.54. The molecule has 2 atom stereocenters. The number of nitrogens with zero attached hydrogens (tertiary/aromatic N) is 3. The normalized spacial score (nSPS) is 18.4. The number of carbonyl (C=O) groups excluding carboxylic acids is 2. The van der Waals surface area contributed by atoms with Gasteiger partial charge in [0.25, 0.3) is 11.5 Å². The van der Waals surface area contributed by atoms with Crippen molar-refractivity contribution in [1.82, 2.24) is 14.5 Å². The van der Waals surface area contributed by atoms with E-state index in [-0.39, 0.29) is 23.9 Å². The lowest BCUT2D eigenvalue weighted by molar-refractivity contribution is -0.134. The van der Waals surface area contributed by atoms with Crippen molar-refractivity contribution in [3.05, 3.63) is 51.4 Å². The van der Waals surface area contributed by atoms with Crippen molar-refractivity contribution in [3.63, 3.8) is 0 Å². The molecule has 0 unspecified atom stereocenters. The zero-order valence-electron chi connectivity index (χ0n) is 19.3. The predicted molar refractivity (Wildman–Crippen MR) is 129 cm³/mol. The van der Waals surface area contributed by atoms with Gasteiger partial charge in [0.15, 0.2) is 0 Å². The number of para-hydroxylation sites is 2. The molecule has 2 amide bonds. The molecule has 1 N–H and O–H groups in total. The molecule has 1 aromatic carbocycles. The van der Waals surface area contributed by atoms with Crippen LogP contribution in [-0.2, 0) is 11.3 Å². The summed E-state index contributed by atoms with van der Waals surface area (Å²) < 4.78 is 6.64. The van der Waals surface area contributed by atoms with E-state index >= 15 is 0 Å². The van der Waals surface area contributed by atoms with Gasteiger partial charge in [-0.15, -0.1) is 11.3 Å². The molecule has 1 saturated heterocycles. The first-order valence-electron chi connectivity index (χ1n) is 11.0. The Labute approximate surface area is 196 Å². The van der Waals surface area contributed by atoms with Crippen LogP contribution in [0.4, 0.5) is 5.69 Å². The van der Waals surface area contributed by atoms with Gasteiger partial charge in [-0.25, -0.2) is 4.98 Å². The fourth-order valence-electron chi connectivity index (χ4n) is 4.53. The van der Waals surface area contributed by atoms with Crippen LogP contribution in [0.25, 0.3) is 10.2 Å². The first-order chi connectivity index (χ1) is 15.8. The third-order valence-corrected chi connectivity index (χ3v) is 7.20. The molecule has 1 aliphatic rings. The SMILES string of the molecule is COc1ccccc1NC(=O)c1sc2ncn(CC(=O)N3C[C@H](C)C[C@H](C)C3)c(=O)c2c1C. The van der Waals surface area contributed by atoms with Crippen molar-refractivity contribution < 1.29 is 14.3 Å². The summed E-state index contributed by atoms with van der Waals surface area (Å²) in [4.78, 5) is 46.1. The van der Waals surface area contributed by atoms with Crippen LogP contribution >= 0.6 is 11.3 Å². The Kier molecular flexibility index (Phi) is 6.51. The molecule has 9 heteroatoms. The molecule has 1 aliphatic heterocycles. The Morgan fingerprint density at radius 2 is 1.91 bits per heavy atom. The van der Waals surface area contributed by atoms with Crippen molar-refractivity contribution in [2.75, 3.05) is 25.5 Å². The van der Waals surface area contributed by atoms with Gasteiger partial charge in [-0.05, 0) is 42.9 Å². The van der Waals surface area contributed by atoms with Crippen LogP contribution in [0.5, 0.6) is 5.75 Å². The molecule has 2 aromatic heterocycles. The Hall–Kier alpha value is -3.20. The number of aryl methyl sites for hydroxylation is 1. The van der Waals surface area contributed by atoms with Gasteiger partial charge in [0.1, 0.15) is 17.1 Å². The van der Waals surface area contributed by atoms with Crippen molar-refractivity contribution in [2.45, 2.75) is 33.7 Å². The molecule has 174 valence electrons. The maximum absolute atomic E-state index is 13.2. The molecular formula is C24H28N4O4S. The van der Waals surface area contributed by atoms with Crippen LogP contribution in [0.3, 0.4) is 0 Å². The lowest BCUT2D eigenvalue weighted by atomic mass is 9.92. The smallest absolute Gasteiger partial charge is 0.266 e. The fraction of sp³-hybridized carbons (Fsp3) is 0.417. The molecule has 0 radical (unpaired) electrons. The van der Waals surface area contributed by atoms with Gasteiger partial charge in [-0.3, -0.25) is 19.0 Å². The number of ether oxygens (including phenoxy) is 1. The fourth-order valence-corrected chi connectivity index (χ4v) is 5.56. The highest BCUT2D eigenvalue weighted by molar-refractivity contribution is 7.20. The molecule has 1 fully saturated rings. The second kappa shape index (κ2) is 9.35. The number of thiophene rings is 1. The van der Waals surface area contributed by atoms with Crippen LogP contribution in [0.1, 0.15) is 35.5 Å². The van der Waals surface area contributed by atoms with Crippen LogP contribution in [0, 0.1) is 18.8 Å². The summed E-state index contributed by atoms with van der Waals surface area (Å²) in [6, 6.07) is 7.13. The maximum Gasteiger partial charge on any atom is 0.266 e. The summed E-state index contributed by atoms with van der Waals surface area (Å²) in [5, 5.41) is 3.22. The van der Waals surface area contributed by atoms with Gasteiger partial charge in [0.05, 0.1) is 29.4 Å². The molecule has 0 aliphatic carbocycles. The number of rotatable bonds is 5. The lowest BCUT2D eigenvalue weighted by Crippen LogP contribution is -2.44. The number of methoxy groups -OCH3 is 1. The average molecular weight is 469 g/mol. The lowest BCUT2D eigenvalue weighted by Gasteiger charge is -2.35. The zero-order valence-corrected chi connectivity index (χ0v) is 20.1. The molecule has 0 saturated carbocycles. The summed E-state index contributed by atoms with van der Waals surface area (Å²) >= 11 is 1.16. The van der Waals surface area contributed by atoms with Crippen LogP contribution in [0.2, 0.25) is 0 Å². The van der Waals surface area contributed by atoms with Crippen molar-refractivity contribution >= 4 is 39.1 Å². The Bertz CT molecular complexity index is 1260. The van der Waals surface area contributed by atoms with E-state index < -0.39 is 0 Å². The van der Waals surface area contributed by atoms with Crippen molar-refractivity contribution in [3.8, 4) is 5.75 Å². The Morgan fingerprint density at radius 3 is 2.61 bits per heavy atom. The molecule has 8 nitrogen and oxygen atoms in total. The molecule has 0 spiro atoms. The number of aromatic nitrogens is 2. The molecule has 3 aromatic rings. The number of piperidine rings is 1. The number of fused-ring (bicyclic) bond motifs is 1. The van der Waals surface area contributed by atoms with E-state index in [1.165, 1.54) is 18.0 Å². The zero-order chi connectivity index (χ0) is 23.7. The highest BCUT2D eigenvalue weighted by Gasteiger charge is 2.26. The highest BCUT2D eigenvalue weighted by Crippen LogP contribution is 2.30. The van der Waals surface area contributed by atoms with Crippen LogP contribution < -0.4 is 15.6 Å². The van der Waals surface area contributed by atoms with Gasteiger partial charge >= 0.3 is 0 Å². The van der Waals surface area contributed by atoms with Gasteiger partial charge < -0.3 is 15.0 Å². The standard InChI is InChI=1S/C24H28N4O4S/c1-14-9-15(2)11-27(10-14)19(29)12-28-13-25-23-20(24(28)31)16(3)21(33-23)22(30)26-17-7-5-6-8-18(17)32-4/h5-8,13-15H,9-12H2,1-4H3,(H,26,30)/t14-,15+. The van der Waals surface area contributed by atoms with E-state index in [1.807, 2.05) is 11.0 Å². The predicted octanol–water partition coefficient (Wildman–Crippen LogP) is 3.53.